The molecule has 106 valence electrons. The first-order valence-electron chi connectivity index (χ1n) is 6.07. The van der Waals surface area contributed by atoms with Crippen LogP contribution >= 0.6 is 0 Å². The van der Waals surface area contributed by atoms with Gasteiger partial charge in [-0.25, -0.2) is 0 Å². The van der Waals surface area contributed by atoms with Gasteiger partial charge in [0.25, 0.3) is 0 Å². The highest BCUT2D eigenvalue weighted by Crippen LogP contribution is 2.37. The molecular weight excluding hydrogens is 276 g/mol. The molecule has 0 radical (unpaired) electrons. The van der Waals surface area contributed by atoms with E-state index in [4.69, 9.17) is 4.74 Å². The first-order chi connectivity index (χ1) is 9.95. The van der Waals surface area contributed by atoms with E-state index in [-0.39, 0.29) is 28.6 Å². The van der Waals surface area contributed by atoms with Crippen LogP contribution in [0, 0.1) is 0 Å². The number of ether oxygens (including phenoxy) is 1. The van der Waals surface area contributed by atoms with Crippen LogP contribution in [0.3, 0.4) is 0 Å². The summed E-state index contributed by atoms with van der Waals surface area (Å²) < 4.78 is 5.45. The van der Waals surface area contributed by atoms with Gasteiger partial charge in [-0.05, 0) is 12.1 Å². The number of hydrogen-bond donors (Lipinski definition) is 3. The second-order valence-corrected chi connectivity index (χ2v) is 4.65. The van der Waals surface area contributed by atoms with Gasteiger partial charge in [0.2, 0.25) is 5.78 Å². The van der Waals surface area contributed by atoms with Crippen LogP contribution in [0.4, 0.5) is 0 Å². The predicted octanol–water partition coefficient (Wildman–Crippen LogP) is 1.57. The lowest BCUT2D eigenvalue weighted by Crippen LogP contribution is -2.23. The maximum Gasteiger partial charge on any atom is 0.201 e. The quantitative estimate of drug-likeness (QED) is 0.677. The number of fused-ring (bicyclic) bond motifs is 1. The summed E-state index contributed by atoms with van der Waals surface area (Å²) in [5.74, 6) is -1.81. The van der Waals surface area contributed by atoms with Crippen molar-refractivity contribution in [2.45, 2.75) is 6.10 Å². The van der Waals surface area contributed by atoms with Gasteiger partial charge in [-0.15, -0.1) is 0 Å². The number of rotatable bonds is 1. The van der Waals surface area contributed by atoms with Crippen LogP contribution in [0.15, 0.2) is 53.5 Å². The molecule has 21 heavy (non-hydrogen) atoms. The van der Waals surface area contributed by atoms with Gasteiger partial charge in [-0.2, -0.15) is 0 Å². The van der Waals surface area contributed by atoms with E-state index in [1.54, 1.807) is 0 Å². The lowest BCUT2D eigenvalue weighted by Gasteiger charge is -2.26. The topological polar surface area (TPSA) is 104 Å². The van der Waals surface area contributed by atoms with E-state index in [1.165, 1.54) is 30.4 Å². The van der Waals surface area contributed by atoms with Gasteiger partial charge in [0.05, 0.1) is 5.57 Å². The average molecular weight is 286 g/mol. The summed E-state index contributed by atoms with van der Waals surface area (Å²) in [6, 6.07) is 3.87. The van der Waals surface area contributed by atoms with Crippen molar-refractivity contribution >= 4 is 11.6 Å². The maximum absolute atomic E-state index is 12.1. The molecule has 1 unspecified atom stereocenters. The second kappa shape index (κ2) is 4.52. The van der Waals surface area contributed by atoms with Gasteiger partial charge in [-0.3, -0.25) is 9.59 Å². The summed E-state index contributed by atoms with van der Waals surface area (Å²) in [5.41, 5.74) is 0.479. The molecular formula is C15H10O6. The van der Waals surface area contributed by atoms with Crippen LogP contribution in [0.2, 0.25) is 0 Å². The molecule has 1 aliphatic heterocycles. The molecule has 1 aromatic carbocycles. The highest BCUT2D eigenvalue weighted by molar-refractivity contribution is 6.05. The van der Waals surface area contributed by atoms with Gasteiger partial charge in [0, 0.05) is 23.8 Å². The highest BCUT2D eigenvalue weighted by Gasteiger charge is 2.32. The van der Waals surface area contributed by atoms with Crippen LogP contribution in [0.1, 0.15) is 11.7 Å². The summed E-state index contributed by atoms with van der Waals surface area (Å²) in [6.45, 7) is 0. The maximum atomic E-state index is 12.1. The molecule has 0 aromatic heterocycles. The van der Waals surface area contributed by atoms with Gasteiger partial charge >= 0.3 is 0 Å². The fourth-order valence-corrected chi connectivity index (χ4v) is 2.17. The van der Waals surface area contributed by atoms with E-state index in [0.29, 0.717) is 5.56 Å². The molecule has 1 aromatic rings. The Kier molecular flexibility index (Phi) is 2.79. The fraction of sp³-hybridized carbons (Fsp3) is 0.0667. The molecule has 3 rings (SSSR count). The van der Waals surface area contributed by atoms with Crippen molar-refractivity contribution in [2.75, 3.05) is 0 Å². The minimum Gasteiger partial charge on any atom is -0.507 e. The number of allylic oxidation sites excluding steroid dienone is 2. The Morgan fingerprint density at radius 1 is 0.952 bits per heavy atom. The molecule has 0 bridgehead atoms. The molecule has 1 aliphatic carbocycles. The largest absolute Gasteiger partial charge is 0.507 e. The number of aromatic hydroxyl groups is 2. The minimum absolute atomic E-state index is 0.0946. The smallest absolute Gasteiger partial charge is 0.201 e. The molecule has 2 aliphatic rings. The second-order valence-electron chi connectivity index (χ2n) is 4.65. The van der Waals surface area contributed by atoms with Crippen molar-refractivity contribution in [3.8, 4) is 11.5 Å². The Labute approximate surface area is 118 Å². The molecule has 6 heteroatoms. The zero-order chi connectivity index (χ0) is 15.1. The average Bonchev–Trinajstić information content (AvgIpc) is 2.42. The summed E-state index contributed by atoms with van der Waals surface area (Å²) in [6.07, 6.45) is 2.30. The number of aliphatic hydroxyl groups excluding tert-OH is 1. The van der Waals surface area contributed by atoms with Gasteiger partial charge in [-0.1, -0.05) is 6.07 Å². The molecule has 0 saturated heterocycles. The lowest BCUT2D eigenvalue weighted by atomic mass is 9.95. The van der Waals surface area contributed by atoms with Crippen LogP contribution in [0.25, 0.3) is 0 Å². The molecule has 1 heterocycles. The van der Waals surface area contributed by atoms with Crippen LogP contribution in [-0.2, 0) is 14.3 Å². The number of benzene rings is 1. The molecule has 0 amide bonds. The van der Waals surface area contributed by atoms with Crippen molar-refractivity contribution in [1.82, 2.24) is 0 Å². The normalized spacial score (nSPS) is 21.0. The first-order valence-corrected chi connectivity index (χ1v) is 6.07. The number of phenols is 2. The predicted molar refractivity (Wildman–Crippen MR) is 70.5 cm³/mol. The molecule has 0 spiro atoms. The van der Waals surface area contributed by atoms with Crippen molar-refractivity contribution < 1.29 is 29.6 Å². The third-order valence-electron chi connectivity index (χ3n) is 3.19. The van der Waals surface area contributed by atoms with Crippen LogP contribution in [0.5, 0.6) is 11.5 Å². The zero-order valence-electron chi connectivity index (χ0n) is 10.6. The number of hydrogen-bond acceptors (Lipinski definition) is 6. The van der Waals surface area contributed by atoms with Gasteiger partial charge in [0.15, 0.2) is 23.4 Å². The van der Waals surface area contributed by atoms with E-state index in [2.05, 4.69) is 0 Å². The summed E-state index contributed by atoms with van der Waals surface area (Å²) in [4.78, 5) is 23.5. The Bertz CT molecular complexity index is 753. The first kappa shape index (κ1) is 13.0. The Morgan fingerprint density at radius 3 is 2.43 bits per heavy atom. The third kappa shape index (κ3) is 2.16. The van der Waals surface area contributed by atoms with Crippen molar-refractivity contribution in [3.63, 3.8) is 0 Å². The number of aliphatic hydroxyl groups is 1. The van der Waals surface area contributed by atoms with Crippen LogP contribution in [-0.4, -0.2) is 26.9 Å². The number of phenolic OH excluding ortho intramolecular Hbond substituents is 2. The van der Waals surface area contributed by atoms with Crippen molar-refractivity contribution in [2.24, 2.45) is 0 Å². The van der Waals surface area contributed by atoms with E-state index in [1.807, 2.05) is 0 Å². The monoisotopic (exact) mass is 286 g/mol. The van der Waals surface area contributed by atoms with E-state index >= 15 is 0 Å². The molecule has 0 saturated carbocycles. The van der Waals surface area contributed by atoms with Crippen LogP contribution < -0.4 is 0 Å². The number of carbonyl (C=O) groups excluding carboxylic acids is 2. The highest BCUT2D eigenvalue weighted by atomic mass is 16.5. The SMILES string of the molecule is O=C1C=C(O)C2=CC(=O)C(c3ccc(O)c(O)c3)OC2=C1. The number of ketones is 2. The zero-order valence-corrected chi connectivity index (χ0v) is 10.6. The van der Waals surface area contributed by atoms with Gasteiger partial charge < -0.3 is 20.1 Å². The van der Waals surface area contributed by atoms with E-state index in [9.17, 15) is 24.9 Å². The van der Waals surface area contributed by atoms with Gasteiger partial charge in [0.1, 0.15) is 11.5 Å². The van der Waals surface area contributed by atoms with E-state index < -0.39 is 17.7 Å². The summed E-state index contributed by atoms with van der Waals surface area (Å²) in [5, 5.41) is 28.4. The lowest BCUT2D eigenvalue weighted by molar-refractivity contribution is -0.125. The molecule has 0 fully saturated rings. The summed E-state index contributed by atoms with van der Waals surface area (Å²) in [7, 11) is 0. The standard InChI is InChI=1S/C15H10O6/c16-8-4-11(18)9-6-13(20)15(21-14(9)5-8)7-1-2-10(17)12(19)3-7/h1-6,15,17-19H. The van der Waals surface area contributed by atoms with E-state index in [0.717, 1.165) is 6.08 Å². The molecule has 3 N–H and O–H groups in total. The Morgan fingerprint density at radius 2 is 1.71 bits per heavy atom. The van der Waals surface area contributed by atoms with Crippen molar-refractivity contribution in [3.05, 3.63) is 59.1 Å². The number of carbonyl (C=O) groups is 2. The third-order valence-corrected chi connectivity index (χ3v) is 3.19. The minimum atomic E-state index is -1.05. The van der Waals surface area contributed by atoms with Crippen molar-refractivity contribution in [1.29, 1.82) is 0 Å². The fourth-order valence-electron chi connectivity index (χ4n) is 2.17. The Hall–Kier alpha value is -3.02. The molecule has 6 nitrogen and oxygen atoms in total. The molecule has 1 atom stereocenters. The Balaban J connectivity index is 2.02. The summed E-state index contributed by atoms with van der Waals surface area (Å²) >= 11 is 0.